The maximum atomic E-state index is 14.7. The summed E-state index contributed by atoms with van der Waals surface area (Å²) in [5, 5.41) is 2.21. The van der Waals surface area contributed by atoms with Crippen molar-refractivity contribution < 1.29 is 27.5 Å². The molecule has 2 fully saturated rings. The van der Waals surface area contributed by atoms with Gasteiger partial charge in [0, 0.05) is 46.7 Å². The van der Waals surface area contributed by atoms with Crippen LogP contribution in [-0.4, -0.2) is 34.3 Å². The lowest BCUT2D eigenvalue weighted by molar-refractivity contribution is -0.137. The van der Waals surface area contributed by atoms with Crippen LogP contribution in [0.3, 0.4) is 0 Å². The normalized spacial score (nSPS) is 26.2. The van der Waals surface area contributed by atoms with Gasteiger partial charge in [0.2, 0.25) is 5.91 Å². The number of aromatic nitrogens is 1. The second kappa shape index (κ2) is 11.2. The zero-order chi connectivity index (χ0) is 32.3. The molecule has 2 heterocycles. The molecule has 8 rings (SSSR count). The van der Waals surface area contributed by atoms with E-state index in [0.29, 0.717) is 41.8 Å². The van der Waals surface area contributed by atoms with Gasteiger partial charge < -0.3 is 15.0 Å². The van der Waals surface area contributed by atoms with Crippen LogP contribution in [0.15, 0.2) is 97.8 Å². The minimum Gasteiger partial charge on any atom is -0.496 e. The summed E-state index contributed by atoms with van der Waals surface area (Å²) < 4.78 is 46.4. The van der Waals surface area contributed by atoms with Crippen LogP contribution in [0, 0.1) is 5.41 Å². The lowest BCUT2D eigenvalue weighted by Gasteiger charge is -2.59. The van der Waals surface area contributed by atoms with Crippen LogP contribution in [0.5, 0.6) is 5.75 Å². The molecule has 4 aliphatic rings. The maximum absolute atomic E-state index is 14.7. The Morgan fingerprint density at radius 2 is 1.74 bits per heavy atom. The quantitative estimate of drug-likeness (QED) is 0.194. The van der Waals surface area contributed by atoms with E-state index < -0.39 is 33.1 Å². The Balaban J connectivity index is 1.34. The third kappa shape index (κ3) is 4.54. The Morgan fingerprint density at radius 3 is 2.46 bits per heavy atom. The molecule has 3 aliphatic carbocycles. The van der Waals surface area contributed by atoms with E-state index in [9.17, 15) is 22.8 Å². The van der Waals surface area contributed by atoms with E-state index in [1.165, 1.54) is 11.8 Å². The molecule has 1 aromatic heterocycles. The van der Waals surface area contributed by atoms with E-state index in [1.54, 1.807) is 31.4 Å². The van der Waals surface area contributed by atoms with Gasteiger partial charge in [-0.2, -0.15) is 13.2 Å². The predicted molar refractivity (Wildman–Crippen MR) is 173 cm³/mol. The van der Waals surface area contributed by atoms with E-state index in [2.05, 4.69) is 16.9 Å². The number of ether oxygens (including phenoxy) is 1. The van der Waals surface area contributed by atoms with Gasteiger partial charge in [-0.15, -0.1) is 11.8 Å². The van der Waals surface area contributed by atoms with Crippen LogP contribution in [0.1, 0.15) is 58.6 Å². The Kier molecular flexibility index (Phi) is 7.42. The zero-order valence-corrected chi connectivity index (χ0v) is 26.0. The van der Waals surface area contributed by atoms with Gasteiger partial charge >= 0.3 is 6.18 Å². The number of benzene rings is 3. The first-order chi connectivity index (χ1) is 22.1. The van der Waals surface area contributed by atoms with E-state index in [-0.39, 0.29) is 24.0 Å². The van der Waals surface area contributed by atoms with Crippen molar-refractivity contribution in [2.45, 2.75) is 53.8 Å². The SMILES string of the molecule is C=C(C(=O)C1CC2(C(=O)NCc3ccccc3)C3CCC(c4ccc(C(F)(F)F)cc4)(c4c[nH]cc43)C2S1)c1ccccc1OC. The number of thioether (sulfide) groups is 1. The summed E-state index contributed by atoms with van der Waals surface area (Å²) in [6.45, 7) is 4.50. The number of amides is 1. The van der Waals surface area contributed by atoms with Gasteiger partial charge in [0.1, 0.15) is 5.75 Å². The summed E-state index contributed by atoms with van der Waals surface area (Å²) >= 11 is 1.47. The van der Waals surface area contributed by atoms with Crippen LogP contribution in [0.4, 0.5) is 13.2 Å². The van der Waals surface area contributed by atoms with Crippen molar-refractivity contribution >= 4 is 29.0 Å². The average molecular weight is 643 g/mol. The molecule has 2 bridgehead atoms. The number of hydrogen-bond acceptors (Lipinski definition) is 4. The minimum absolute atomic E-state index is 0.139. The van der Waals surface area contributed by atoms with Crippen molar-refractivity contribution in [3.05, 3.63) is 131 Å². The summed E-state index contributed by atoms with van der Waals surface area (Å²) in [6.07, 6.45) is 0.971. The highest BCUT2D eigenvalue weighted by Gasteiger charge is 2.71. The molecule has 1 saturated heterocycles. The molecular formula is C37H33F3N2O3S. The molecule has 1 aliphatic heterocycles. The lowest BCUT2D eigenvalue weighted by Crippen LogP contribution is -2.62. The number of halogens is 3. The van der Waals surface area contributed by atoms with Crippen molar-refractivity contribution in [2.75, 3.05) is 7.11 Å². The molecule has 0 spiro atoms. The molecule has 5 unspecified atom stereocenters. The van der Waals surface area contributed by atoms with Gasteiger partial charge in [-0.3, -0.25) is 9.59 Å². The molecule has 236 valence electrons. The molecular weight excluding hydrogens is 609 g/mol. The highest BCUT2D eigenvalue weighted by Crippen LogP contribution is 2.72. The largest absolute Gasteiger partial charge is 0.496 e. The summed E-state index contributed by atoms with van der Waals surface area (Å²) in [5.41, 5.74) is 2.06. The zero-order valence-electron chi connectivity index (χ0n) is 25.2. The third-order valence-corrected chi connectivity index (χ3v) is 12.1. The van der Waals surface area contributed by atoms with E-state index in [0.717, 1.165) is 28.8 Å². The topological polar surface area (TPSA) is 71.2 Å². The number of rotatable bonds is 8. The number of carbonyl (C=O) groups is 2. The van der Waals surface area contributed by atoms with Crippen molar-refractivity contribution in [1.29, 1.82) is 0 Å². The Labute approximate surface area is 269 Å². The van der Waals surface area contributed by atoms with Crippen LogP contribution in [0.2, 0.25) is 0 Å². The fourth-order valence-electron chi connectivity index (χ4n) is 8.24. The van der Waals surface area contributed by atoms with Gasteiger partial charge in [-0.25, -0.2) is 0 Å². The number of carbonyl (C=O) groups excluding carboxylic acids is 2. The van der Waals surface area contributed by atoms with Crippen LogP contribution >= 0.6 is 11.8 Å². The van der Waals surface area contributed by atoms with E-state index in [4.69, 9.17) is 4.74 Å². The Hall–Kier alpha value is -4.24. The third-order valence-electron chi connectivity index (χ3n) is 10.3. The Bertz CT molecular complexity index is 1820. The van der Waals surface area contributed by atoms with Gasteiger partial charge in [-0.1, -0.05) is 67.2 Å². The van der Waals surface area contributed by atoms with Gasteiger partial charge in [0.15, 0.2) is 5.78 Å². The monoisotopic (exact) mass is 642 g/mol. The number of aromatic amines is 1. The number of H-pyrrole nitrogens is 1. The standard InChI is InChI=1S/C37H33F3N2O3S/c1-22(26-10-6-7-11-30(26)45-2)32(43)31-18-36(34(44)42-19-23-8-4-3-5-9-23)28-16-17-35(33(36)46-31,29-21-41-20-27(28)29)24-12-14-25(15-13-24)37(38,39)40/h3-15,20-21,28,31,33,41H,1,16-19H2,2H3,(H,42,44). The first kappa shape index (κ1) is 30.4. The Morgan fingerprint density at radius 1 is 1.02 bits per heavy atom. The number of nitrogens with one attached hydrogen (secondary N) is 2. The number of methoxy groups -OCH3 is 1. The highest BCUT2D eigenvalue weighted by atomic mass is 32.2. The second-order valence-corrected chi connectivity index (χ2v) is 13.7. The van der Waals surface area contributed by atoms with E-state index >= 15 is 0 Å². The fourth-order valence-corrected chi connectivity index (χ4v) is 10.4. The summed E-state index contributed by atoms with van der Waals surface area (Å²) in [7, 11) is 1.54. The molecule has 2 N–H and O–H groups in total. The van der Waals surface area contributed by atoms with Crippen LogP contribution in [-0.2, 0) is 27.7 Å². The maximum Gasteiger partial charge on any atom is 0.416 e. The molecule has 4 aromatic rings. The second-order valence-electron chi connectivity index (χ2n) is 12.4. The molecule has 1 amide bonds. The average Bonchev–Trinajstić information content (AvgIpc) is 3.75. The molecule has 3 aromatic carbocycles. The smallest absolute Gasteiger partial charge is 0.416 e. The summed E-state index contributed by atoms with van der Waals surface area (Å²) in [6, 6.07) is 22.2. The predicted octanol–water partition coefficient (Wildman–Crippen LogP) is 7.68. The lowest BCUT2D eigenvalue weighted by atomic mass is 9.45. The van der Waals surface area contributed by atoms with Gasteiger partial charge in [0.25, 0.3) is 0 Å². The van der Waals surface area contributed by atoms with Crippen LogP contribution < -0.4 is 10.1 Å². The number of Topliss-reactive ketones (excluding diaryl/α,β-unsaturated/α-hetero) is 1. The van der Waals surface area contributed by atoms with Crippen molar-refractivity contribution in [1.82, 2.24) is 10.3 Å². The fraction of sp³-hybridized carbons (Fsp3) is 0.297. The number of para-hydroxylation sites is 1. The first-order valence-corrected chi connectivity index (χ1v) is 16.2. The molecule has 0 radical (unpaired) electrons. The van der Waals surface area contributed by atoms with Gasteiger partial charge in [-0.05, 0) is 59.7 Å². The summed E-state index contributed by atoms with van der Waals surface area (Å²) in [4.78, 5) is 32.3. The van der Waals surface area contributed by atoms with Crippen molar-refractivity contribution in [3.8, 4) is 5.75 Å². The van der Waals surface area contributed by atoms with Crippen LogP contribution in [0.25, 0.3) is 5.57 Å². The first-order valence-electron chi connectivity index (χ1n) is 15.3. The number of allylic oxidation sites excluding steroid dienone is 1. The van der Waals surface area contributed by atoms with Crippen molar-refractivity contribution in [2.24, 2.45) is 5.41 Å². The molecule has 1 saturated carbocycles. The number of alkyl halides is 3. The minimum atomic E-state index is -4.47. The van der Waals surface area contributed by atoms with Gasteiger partial charge in [0.05, 0.1) is 23.3 Å². The summed E-state index contributed by atoms with van der Waals surface area (Å²) in [5.74, 6) is 0.0525. The molecule has 5 atom stereocenters. The van der Waals surface area contributed by atoms with E-state index in [1.807, 2.05) is 54.9 Å². The number of hydrogen-bond donors (Lipinski definition) is 2. The molecule has 9 heteroatoms. The number of fused-ring (bicyclic) bond motifs is 1. The number of ketones is 1. The molecule has 5 nitrogen and oxygen atoms in total. The highest BCUT2D eigenvalue weighted by molar-refractivity contribution is 8.01. The molecule has 46 heavy (non-hydrogen) atoms. The van der Waals surface area contributed by atoms with Crippen molar-refractivity contribution in [3.63, 3.8) is 0 Å².